The van der Waals surface area contributed by atoms with Crippen molar-refractivity contribution in [3.63, 3.8) is 0 Å². The first-order valence-corrected chi connectivity index (χ1v) is 9.58. The molecular formula is C22H23F3N4O. The maximum absolute atomic E-state index is 13.4. The highest BCUT2D eigenvalue weighted by molar-refractivity contribution is 5.63. The second kappa shape index (κ2) is 9.02. The molecule has 30 heavy (non-hydrogen) atoms. The predicted molar refractivity (Wildman–Crippen MR) is 112 cm³/mol. The van der Waals surface area contributed by atoms with Gasteiger partial charge in [-0.3, -0.25) is 0 Å². The highest BCUT2D eigenvalue weighted by atomic mass is 19.4. The normalized spacial score (nSPS) is 11.4. The summed E-state index contributed by atoms with van der Waals surface area (Å²) in [6.45, 7) is 5.85. The van der Waals surface area contributed by atoms with E-state index in [4.69, 9.17) is 4.74 Å². The molecule has 0 aliphatic rings. The molecule has 0 atom stereocenters. The van der Waals surface area contributed by atoms with Crippen LogP contribution >= 0.6 is 0 Å². The highest BCUT2D eigenvalue weighted by Gasteiger charge is 2.35. The summed E-state index contributed by atoms with van der Waals surface area (Å²) in [4.78, 5) is 7.89. The Morgan fingerprint density at radius 2 is 1.53 bits per heavy atom. The van der Waals surface area contributed by atoms with Crippen LogP contribution in [0.2, 0.25) is 0 Å². The minimum absolute atomic E-state index is 0.0436. The van der Waals surface area contributed by atoms with Gasteiger partial charge in [-0.2, -0.15) is 18.2 Å². The Hall–Kier alpha value is -3.29. The van der Waals surface area contributed by atoms with Gasteiger partial charge in [0.1, 0.15) is 17.1 Å². The van der Waals surface area contributed by atoms with Gasteiger partial charge in [0, 0.05) is 17.6 Å². The van der Waals surface area contributed by atoms with Crippen molar-refractivity contribution in [2.24, 2.45) is 0 Å². The van der Waals surface area contributed by atoms with Crippen molar-refractivity contribution in [1.29, 1.82) is 0 Å². The standard InChI is InChI=1S/C22H23F3N4O/c1-4-15-5-7-16(8-6-15)27-20-19(22(23,24)25)13-26-21(29-20)28-17-9-11-18(12-10-17)30-14(2)3/h5-14H,4H2,1-3H3,(H2,26,27,28,29). The lowest BCUT2D eigenvalue weighted by Crippen LogP contribution is -2.12. The van der Waals surface area contributed by atoms with Gasteiger partial charge in [-0.05, 0) is 62.2 Å². The number of halogens is 3. The van der Waals surface area contributed by atoms with Crippen LogP contribution in [-0.4, -0.2) is 16.1 Å². The van der Waals surface area contributed by atoms with Crippen LogP contribution in [0.15, 0.2) is 54.7 Å². The van der Waals surface area contributed by atoms with Crippen LogP contribution in [0.4, 0.5) is 36.3 Å². The minimum atomic E-state index is -4.58. The van der Waals surface area contributed by atoms with Gasteiger partial charge in [-0.1, -0.05) is 19.1 Å². The molecule has 1 aromatic heterocycles. The van der Waals surface area contributed by atoms with E-state index in [2.05, 4.69) is 20.6 Å². The number of nitrogens with zero attached hydrogens (tertiary/aromatic N) is 2. The van der Waals surface area contributed by atoms with Crippen LogP contribution in [0.25, 0.3) is 0 Å². The number of anilines is 4. The zero-order valence-electron chi connectivity index (χ0n) is 16.9. The van der Waals surface area contributed by atoms with E-state index < -0.39 is 11.7 Å². The third kappa shape index (κ3) is 5.62. The largest absolute Gasteiger partial charge is 0.491 e. The molecule has 1 heterocycles. The molecule has 0 unspecified atom stereocenters. The van der Waals surface area contributed by atoms with Gasteiger partial charge < -0.3 is 15.4 Å². The molecule has 0 spiro atoms. The smallest absolute Gasteiger partial charge is 0.421 e. The summed E-state index contributed by atoms with van der Waals surface area (Å²) >= 11 is 0. The Bertz CT molecular complexity index is 971. The first-order valence-electron chi connectivity index (χ1n) is 9.58. The van der Waals surface area contributed by atoms with E-state index in [-0.39, 0.29) is 17.9 Å². The second-order valence-electron chi connectivity index (χ2n) is 6.95. The monoisotopic (exact) mass is 416 g/mol. The Kier molecular flexibility index (Phi) is 6.44. The molecule has 0 radical (unpaired) electrons. The third-order valence-electron chi connectivity index (χ3n) is 4.20. The number of ether oxygens (including phenoxy) is 1. The highest BCUT2D eigenvalue weighted by Crippen LogP contribution is 2.35. The quantitative estimate of drug-likeness (QED) is 0.471. The molecule has 0 aliphatic carbocycles. The third-order valence-corrected chi connectivity index (χ3v) is 4.20. The van der Waals surface area contributed by atoms with Crippen molar-refractivity contribution < 1.29 is 17.9 Å². The van der Waals surface area contributed by atoms with E-state index in [0.29, 0.717) is 17.1 Å². The summed E-state index contributed by atoms with van der Waals surface area (Å²) in [6, 6.07) is 14.2. The van der Waals surface area contributed by atoms with Gasteiger partial charge in [0.2, 0.25) is 5.95 Å². The van der Waals surface area contributed by atoms with E-state index in [0.717, 1.165) is 18.2 Å². The number of alkyl halides is 3. The van der Waals surface area contributed by atoms with E-state index in [9.17, 15) is 13.2 Å². The minimum Gasteiger partial charge on any atom is -0.491 e. The molecule has 3 rings (SSSR count). The Morgan fingerprint density at radius 3 is 2.10 bits per heavy atom. The lowest BCUT2D eigenvalue weighted by molar-refractivity contribution is -0.137. The van der Waals surface area contributed by atoms with Gasteiger partial charge >= 0.3 is 6.18 Å². The van der Waals surface area contributed by atoms with Crippen LogP contribution in [0.3, 0.4) is 0 Å². The summed E-state index contributed by atoms with van der Waals surface area (Å²) < 4.78 is 45.8. The summed E-state index contributed by atoms with van der Waals surface area (Å²) in [5.41, 5.74) is 1.29. The molecule has 8 heteroatoms. The van der Waals surface area contributed by atoms with Crippen LogP contribution in [-0.2, 0) is 12.6 Å². The molecule has 0 saturated carbocycles. The fraction of sp³-hybridized carbons (Fsp3) is 0.273. The summed E-state index contributed by atoms with van der Waals surface area (Å²) in [7, 11) is 0. The van der Waals surface area contributed by atoms with E-state index in [1.54, 1.807) is 36.4 Å². The number of aromatic nitrogens is 2. The van der Waals surface area contributed by atoms with Crippen LogP contribution < -0.4 is 15.4 Å². The number of hydrogen-bond acceptors (Lipinski definition) is 5. The number of rotatable bonds is 7. The molecule has 5 nitrogen and oxygen atoms in total. The number of benzene rings is 2. The van der Waals surface area contributed by atoms with Gasteiger partial charge in [-0.15, -0.1) is 0 Å². The number of nitrogens with one attached hydrogen (secondary N) is 2. The summed E-state index contributed by atoms with van der Waals surface area (Å²) in [6.07, 6.45) is -2.92. The lowest BCUT2D eigenvalue weighted by atomic mass is 10.1. The first kappa shape index (κ1) is 21.4. The zero-order valence-corrected chi connectivity index (χ0v) is 16.9. The van der Waals surface area contributed by atoms with Crippen molar-refractivity contribution in [3.05, 3.63) is 65.9 Å². The molecule has 2 aromatic carbocycles. The number of hydrogen-bond donors (Lipinski definition) is 2. The molecule has 0 fully saturated rings. The Morgan fingerprint density at radius 1 is 0.933 bits per heavy atom. The fourth-order valence-electron chi connectivity index (χ4n) is 2.72. The zero-order chi connectivity index (χ0) is 21.7. The van der Waals surface area contributed by atoms with E-state index >= 15 is 0 Å². The molecule has 158 valence electrons. The van der Waals surface area contributed by atoms with Crippen LogP contribution in [0, 0.1) is 0 Å². The molecule has 0 bridgehead atoms. The lowest BCUT2D eigenvalue weighted by Gasteiger charge is -2.15. The maximum Gasteiger partial charge on any atom is 0.421 e. The Labute approximate surface area is 173 Å². The van der Waals surface area contributed by atoms with Crippen LogP contribution in [0.1, 0.15) is 31.9 Å². The molecule has 0 aliphatic heterocycles. The topological polar surface area (TPSA) is 59.1 Å². The van der Waals surface area contributed by atoms with Gasteiger partial charge in [0.15, 0.2) is 0 Å². The molecule has 2 N–H and O–H groups in total. The fourth-order valence-corrected chi connectivity index (χ4v) is 2.72. The van der Waals surface area contributed by atoms with Gasteiger partial charge in [0.25, 0.3) is 0 Å². The molecule has 0 saturated heterocycles. The van der Waals surface area contributed by atoms with Crippen molar-refractivity contribution in [1.82, 2.24) is 9.97 Å². The second-order valence-corrected chi connectivity index (χ2v) is 6.95. The van der Waals surface area contributed by atoms with Gasteiger partial charge in [0.05, 0.1) is 6.10 Å². The molecule has 0 amide bonds. The van der Waals surface area contributed by atoms with Crippen molar-refractivity contribution >= 4 is 23.1 Å². The van der Waals surface area contributed by atoms with Gasteiger partial charge in [-0.25, -0.2) is 4.98 Å². The van der Waals surface area contributed by atoms with E-state index in [1.807, 2.05) is 32.9 Å². The Balaban J connectivity index is 1.84. The SMILES string of the molecule is CCc1ccc(Nc2nc(Nc3ccc(OC(C)C)cc3)ncc2C(F)(F)F)cc1. The maximum atomic E-state index is 13.4. The average molecular weight is 416 g/mol. The average Bonchev–Trinajstić information content (AvgIpc) is 2.69. The van der Waals surface area contributed by atoms with Crippen molar-refractivity contribution in [2.45, 2.75) is 39.5 Å². The van der Waals surface area contributed by atoms with Crippen molar-refractivity contribution in [3.8, 4) is 5.75 Å². The van der Waals surface area contributed by atoms with Crippen LogP contribution in [0.5, 0.6) is 5.75 Å². The first-order chi connectivity index (χ1) is 14.2. The summed E-state index contributed by atoms with van der Waals surface area (Å²) in [5, 5.41) is 5.68. The van der Waals surface area contributed by atoms with E-state index in [1.165, 1.54) is 0 Å². The summed E-state index contributed by atoms with van der Waals surface area (Å²) in [5.74, 6) is 0.430. The molecule has 3 aromatic rings. The van der Waals surface area contributed by atoms with Crippen molar-refractivity contribution in [2.75, 3.05) is 10.6 Å². The molecular weight excluding hydrogens is 393 g/mol. The predicted octanol–water partition coefficient (Wildman–Crippen LogP) is 6.33. The number of aryl methyl sites for hydroxylation is 1.